The van der Waals surface area contributed by atoms with Gasteiger partial charge in [0.1, 0.15) is 19.0 Å². The summed E-state index contributed by atoms with van der Waals surface area (Å²) in [5, 5.41) is 3.90. The molecule has 0 heterocycles. The Bertz CT molecular complexity index is 331. The zero-order valence-corrected chi connectivity index (χ0v) is 10.4. The molecule has 0 aliphatic carbocycles. The van der Waals surface area contributed by atoms with Gasteiger partial charge in [0.05, 0.1) is 0 Å². The first-order valence-corrected chi connectivity index (χ1v) is 5.72. The molecule has 0 aliphatic heterocycles. The summed E-state index contributed by atoms with van der Waals surface area (Å²) < 4.78 is 17.4. The Morgan fingerprint density at radius 1 is 1.44 bits per heavy atom. The molecule has 0 amide bonds. The van der Waals surface area contributed by atoms with Crippen LogP contribution in [0.25, 0.3) is 0 Å². The van der Waals surface area contributed by atoms with Gasteiger partial charge in [-0.2, -0.15) is 0 Å². The van der Waals surface area contributed by atoms with Crippen molar-refractivity contribution in [2.75, 3.05) is 13.3 Å². The minimum absolute atomic E-state index is 0.0645. The van der Waals surface area contributed by atoms with Crippen molar-refractivity contribution in [3.05, 3.63) is 28.8 Å². The lowest BCUT2D eigenvalue weighted by atomic mass is 10.2. The lowest BCUT2D eigenvalue weighted by Gasteiger charge is -2.14. The fourth-order valence-electron chi connectivity index (χ4n) is 1.30. The molecule has 16 heavy (non-hydrogen) atoms. The highest BCUT2D eigenvalue weighted by molar-refractivity contribution is 6.31. The number of alkyl halides is 1. The Hall–Kier alpha value is -0.800. The molecule has 0 fully saturated rings. The minimum Gasteiger partial charge on any atom is -0.490 e. The van der Waals surface area contributed by atoms with E-state index < -0.39 is 6.67 Å². The van der Waals surface area contributed by atoms with Crippen LogP contribution in [0, 0.1) is 0 Å². The van der Waals surface area contributed by atoms with E-state index in [-0.39, 0.29) is 6.61 Å². The van der Waals surface area contributed by atoms with E-state index in [1.165, 1.54) is 0 Å². The van der Waals surface area contributed by atoms with Crippen LogP contribution in [0.2, 0.25) is 5.02 Å². The van der Waals surface area contributed by atoms with Crippen molar-refractivity contribution in [2.24, 2.45) is 0 Å². The highest BCUT2D eigenvalue weighted by Crippen LogP contribution is 2.26. The third kappa shape index (κ3) is 3.99. The van der Waals surface area contributed by atoms with E-state index in [9.17, 15) is 4.39 Å². The highest BCUT2D eigenvalue weighted by atomic mass is 35.5. The maximum Gasteiger partial charge on any atom is 0.125 e. The Labute approximate surface area is 101 Å². The van der Waals surface area contributed by atoms with Gasteiger partial charge in [0.25, 0.3) is 0 Å². The summed E-state index contributed by atoms with van der Waals surface area (Å²) in [5.74, 6) is 0.651. The van der Waals surface area contributed by atoms with Gasteiger partial charge in [0.2, 0.25) is 0 Å². The lowest BCUT2D eigenvalue weighted by Crippen LogP contribution is -2.22. The molecule has 0 bridgehead atoms. The van der Waals surface area contributed by atoms with Crippen molar-refractivity contribution >= 4 is 11.6 Å². The summed E-state index contributed by atoms with van der Waals surface area (Å²) in [4.78, 5) is 0. The normalized spacial score (nSPS) is 10.8. The van der Waals surface area contributed by atoms with Crippen LogP contribution in [-0.2, 0) is 6.54 Å². The van der Waals surface area contributed by atoms with Crippen LogP contribution in [-0.4, -0.2) is 19.3 Å². The first-order valence-electron chi connectivity index (χ1n) is 5.34. The number of halogens is 2. The summed E-state index contributed by atoms with van der Waals surface area (Å²) in [5.41, 5.74) is 0.881. The molecule has 0 saturated heterocycles. The molecule has 90 valence electrons. The van der Waals surface area contributed by atoms with Gasteiger partial charge in [-0.3, -0.25) is 0 Å². The van der Waals surface area contributed by atoms with E-state index in [2.05, 4.69) is 19.2 Å². The molecule has 0 radical (unpaired) electrons. The van der Waals surface area contributed by atoms with Crippen molar-refractivity contribution in [3.63, 3.8) is 0 Å². The van der Waals surface area contributed by atoms with Crippen molar-refractivity contribution in [1.82, 2.24) is 5.32 Å². The average Bonchev–Trinajstić information content (AvgIpc) is 2.24. The number of benzene rings is 1. The van der Waals surface area contributed by atoms with Gasteiger partial charge in [-0.15, -0.1) is 0 Å². The predicted molar refractivity (Wildman–Crippen MR) is 64.9 cm³/mol. The van der Waals surface area contributed by atoms with Gasteiger partial charge in [-0.1, -0.05) is 31.5 Å². The molecule has 0 saturated carbocycles. The minimum atomic E-state index is -0.496. The fraction of sp³-hybridized carbons (Fsp3) is 0.500. The van der Waals surface area contributed by atoms with Crippen LogP contribution in [0.4, 0.5) is 4.39 Å². The second kappa shape index (κ2) is 6.71. The molecule has 0 spiro atoms. The van der Waals surface area contributed by atoms with Crippen LogP contribution in [0.3, 0.4) is 0 Å². The molecule has 2 nitrogen and oxygen atoms in total. The van der Waals surface area contributed by atoms with Crippen LogP contribution >= 0.6 is 11.6 Å². The molecule has 0 unspecified atom stereocenters. The lowest BCUT2D eigenvalue weighted by molar-refractivity contribution is 0.270. The van der Waals surface area contributed by atoms with E-state index in [0.717, 1.165) is 5.56 Å². The number of rotatable bonds is 6. The van der Waals surface area contributed by atoms with Gasteiger partial charge in [0, 0.05) is 23.2 Å². The van der Waals surface area contributed by atoms with Crippen molar-refractivity contribution in [3.8, 4) is 5.75 Å². The van der Waals surface area contributed by atoms with Crippen LogP contribution in [0.5, 0.6) is 5.75 Å². The third-order valence-corrected chi connectivity index (χ3v) is 2.45. The largest absolute Gasteiger partial charge is 0.490 e. The second-order valence-electron chi connectivity index (χ2n) is 3.79. The molecule has 1 aromatic carbocycles. The Morgan fingerprint density at radius 3 is 2.81 bits per heavy atom. The maximum atomic E-state index is 12.1. The molecular weight excluding hydrogens is 229 g/mol. The van der Waals surface area contributed by atoms with Crippen LogP contribution < -0.4 is 10.1 Å². The Kier molecular flexibility index (Phi) is 5.56. The molecule has 0 atom stereocenters. The Balaban J connectivity index is 2.77. The molecule has 1 rings (SSSR count). The van der Waals surface area contributed by atoms with E-state index in [1.807, 2.05) is 0 Å². The van der Waals surface area contributed by atoms with Crippen LogP contribution in [0.15, 0.2) is 18.2 Å². The standard InChI is InChI=1S/C12H17ClFNO/c1-9(2)15-8-10-11(13)4-3-5-12(10)16-7-6-14/h3-5,9,15H,6-8H2,1-2H3. The molecular formula is C12H17ClFNO. The molecule has 4 heteroatoms. The average molecular weight is 246 g/mol. The second-order valence-corrected chi connectivity index (χ2v) is 4.20. The monoisotopic (exact) mass is 245 g/mol. The quantitative estimate of drug-likeness (QED) is 0.831. The van der Waals surface area contributed by atoms with E-state index in [0.29, 0.717) is 23.4 Å². The van der Waals surface area contributed by atoms with Crippen LogP contribution in [0.1, 0.15) is 19.4 Å². The molecule has 1 N–H and O–H groups in total. The first kappa shape index (κ1) is 13.3. The predicted octanol–water partition coefficient (Wildman–Crippen LogP) is 3.19. The van der Waals surface area contributed by atoms with Gasteiger partial charge in [-0.05, 0) is 12.1 Å². The van der Waals surface area contributed by atoms with E-state index in [1.54, 1.807) is 18.2 Å². The van der Waals surface area contributed by atoms with Gasteiger partial charge >= 0.3 is 0 Å². The molecule has 0 aliphatic rings. The highest BCUT2D eigenvalue weighted by Gasteiger charge is 2.08. The number of hydrogen-bond donors (Lipinski definition) is 1. The molecule has 0 aromatic heterocycles. The number of nitrogens with one attached hydrogen (secondary N) is 1. The summed E-state index contributed by atoms with van der Waals surface area (Å²) in [7, 11) is 0. The van der Waals surface area contributed by atoms with Gasteiger partial charge in [-0.25, -0.2) is 4.39 Å². The number of hydrogen-bond acceptors (Lipinski definition) is 2. The first-order chi connectivity index (χ1) is 7.65. The summed E-state index contributed by atoms with van der Waals surface area (Å²) in [6.45, 7) is 4.30. The summed E-state index contributed by atoms with van der Waals surface area (Å²) >= 11 is 6.08. The van der Waals surface area contributed by atoms with Crippen molar-refractivity contribution in [1.29, 1.82) is 0 Å². The Morgan fingerprint density at radius 2 is 2.19 bits per heavy atom. The summed E-state index contributed by atoms with van der Waals surface area (Å²) in [6.07, 6.45) is 0. The van der Waals surface area contributed by atoms with Crippen molar-refractivity contribution in [2.45, 2.75) is 26.4 Å². The zero-order valence-electron chi connectivity index (χ0n) is 9.59. The topological polar surface area (TPSA) is 21.3 Å². The van der Waals surface area contributed by atoms with Gasteiger partial charge < -0.3 is 10.1 Å². The van der Waals surface area contributed by atoms with E-state index in [4.69, 9.17) is 16.3 Å². The fourth-order valence-corrected chi connectivity index (χ4v) is 1.53. The molecule has 1 aromatic rings. The van der Waals surface area contributed by atoms with Gasteiger partial charge in [0.15, 0.2) is 0 Å². The summed E-state index contributed by atoms with van der Waals surface area (Å²) in [6, 6.07) is 5.78. The van der Waals surface area contributed by atoms with Crippen molar-refractivity contribution < 1.29 is 9.13 Å². The third-order valence-electron chi connectivity index (χ3n) is 2.10. The maximum absolute atomic E-state index is 12.1. The van der Waals surface area contributed by atoms with E-state index >= 15 is 0 Å². The zero-order chi connectivity index (χ0) is 12.0. The number of ether oxygens (including phenoxy) is 1. The SMILES string of the molecule is CC(C)NCc1c(Cl)cccc1OCCF. The smallest absolute Gasteiger partial charge is 0.125 e.